The molecule has 0 aliphatic carbocycles. The average Bonchev–Trinajstić information content (AvgIpc) is 2.76. The summed E-state index contributed by atoms with van der Waals surface area (Å²) in [5.74, 6) is -0.435. The zero-order valence-electron chi connectivity index (χ0n) is 16.0. The molecule has 0 spiro atoms. The van der Waals surface area contributed by atoms with Gasteiger partial charge < -0.3 is 9.47 Å². The van der Waals surface area contributed by atoms with Crippen LogP contribution in [0.4, 0.5) is 0 Å². The number of ether oxygens (including phenoxy) is 2. The van der Waals surface area contributed by atoms with Crippen molar-refractivity contribution in [2.45, 2.75) is 6.61 Å². The number of para-hydroxylation sites is 1. The van der Waals surface area contributed by atoms with E-state index in [4.69, 9.17) is 32.7 Å². The molecule has 0 saturated carbocycles. The molecule has 0 unspecified atom stereocenters. The lowest BCUT2D eigenvalue weighted by atomic mass is 10.2. The van der Waals surface area contributed by atoms with Gasteiger partial charge in [0.2, 0.25) is 0 Å². The Bertz CT molecular complexity index is 1060. The molecule has 0 saturated heterocycles. The summed E-state index contributed by atoms with van der Waals surface area (Å²) in [7, 11) is 0. The van der Waals surface area contributed by atoms with Crippen LogP contribution in [0.3, 0.4) is 0 Å². The number of carbonyl (C=O) groups excluding carboxylic acids is 2. The molecule has 3 aromatic carbocycles. The van der Waals surface area contributed by atoms with Crippen LogP contribution in [0.25, 0.3) is 0 Å². The molecule has 2 N–H and O–H groups in total. The zero-order valence-corrected chi connectivity index (χ0v) is 19.1. The maximum atomic E-state index is 12.5. The molecule has 0 heterocycles. The number of amides is 2. The van der Waals surface area contributed by atoms with E-state index in [2.05, 4.69) is 26.8 Å². The van der Waals surface area contributed by atoms with Crippen molar-refractivity contribution in [1.29, 1.82) is 0 Å². The number of rotatable bonds is 7. The highest BCUT2D eigenvalue weighted by Gasteiger charge is 2.15. The smallest absolute Gasteiger partial charge is 0.276 e. The molecule has 0 atom stereocenters. The molecule has 0 radical (unpaired) electrons. The molecule has 31 heavy (non-hydrogen) atoms. The summed E-state index contributed by atoms with van der Waals surface area (Å²) in [6.45, 7) is -0.0611. The minimum atomic E-state index is -0.575. The molecule has 0 aliphatic rings. The predicted molar refractivity (Wildman–Crippen MR) is 122 cm³/mol. The van der Waals surface area contributed by atoms with Crippen molar-refractivity contribution in [3.8, 4) is 11.5 Å². The van der Waals surface area contributed by atoms with Crippen LogP contribution in [0, 0.1) is 0 Å². The van der Waals surface area contributed by atoms with Gasteiger partial charge in [0, 0.05) is 5.02 Å². The fourth-order valence-corrected chi connectivity index (χ4v) is 3.92. The lowest BCUT2D eigenvalue weighted by Gasteiger charge is -2.13. The molecular weight excluding hydrogens is 507 g/mol. The van der Waals surface area contributed by atoms with Gasteiger partial charge in [0.05, 0.1) is 15.1 Å². The van der Waals surface area contributed by atoms with Crippen LogP contribution in [-0.4, -0.2) is 18.4 Å². The van der Waals surface area contributed by atoms with Crippen molar-refractivity contribution < 1.29 is 19.1 Å². The minimum Gasteiger partial charge on any atom is -0.488 e. The summed E-state index contributed by atoms with van der Waals surface area (Å²) in [6.07, 6.45) is 0. The van der Waals surface area contributed by atoms with Gasteiger partial charge >= 0.3 is 0 Å². The maximum absolute atomic E-state index is 12.5. The third-order valence-corrected chi connectivity index (χ3v) is 5.08. The second kappa shape index (κ2) is 11.0. The number of benzene rings is 3. The van der Waals surface area contributed by atoms with Crippen molar-refractivity contribution in [3.63, 3.8) is 0 Å². The Morgan fingerprint density at radius 1 is 0.903 bits per heavy atom. The summed E-state index contributed by atoms with van der Waals surface area (Å²) < 4.78 is 11.7. The van der Waals surface area contributed by atoms with Gasteiger partial charge in [0.1, 0.15) is 12.4 Å². The average molecular weight is 524 g/mol. The summed E-state index contributed by atoms with van der Waals surface area (Å²) in [5, 5.41) is 0.676. The Labute approximate surface area is 197 Å². The molecule has 0 bridgehead atoms. The first-order valence-electron chi connectivity index (χ1n) is 9.06. The molecule has 0 aromatic heterocycles. The SMILES string of the molecule is O=C(COc1c(Cl)cc(Cl)cc1Br)NNC(=O)c1ccccc1OCc1ccccc1. The first-order valence-corrected chi connectivity index (χ1v) is 10.6. The Balaban J connectivity index is 1.54. The highest BCUT2D eigenvalue weighted by Crippen LogP contribution is 2.35. The molecule has 2 amide bonds. The number of halogens is 3. The first-order chi connectivity index (χ1) is 14.9. The standard InChI is InChI=1S/C22H17BrCl2N2O4/c23-17-10-15(24)11-18(25)21(17)31-13-20(28)26-27-22(29)16-8-4-5-9-19(16)30-12-14-6-2-1-3-7-14/h1-11H,12-13H2,(H,26,28)(H,27,29). The van der Waals surface area contributed by atoms with Gasteiger partial charge in [0.25, 0.3) is 11.8 Å². The van der Waals surface area contributed by atoms with Crippen LogP contribution in [0.5, 0.6) is 11.5 Å². The van der Waals surface area contributed by atoms with E-state index in [1.807, 2.05) is 30.3 Å². The quantitative estimate of drug-likeness (QED) is 0.418. The summed E-state index contributed by atoms with van der Waals surface area (Å²) >= 11 is 15.2. The van der Waals surface area contributed by atoms with Gasteiger partial charge in [-0.1, -0.05) is 65.7 Å². The summed E-state index contributed by atoms with van der Waals surface area (Å²) in [5.41, 5.74) is 5.90. The van der Waals surface area contributed by atoms with E-state index in [1.54, 1.807) is 30.3 Å². The van der Waals surface area contributed by atoms with E-state index in [-0.39, 0.29) is 22.9 Å². The Morgan fingerprint density at radius 3 is 2.35 bits per heavy atom. The van der Waals surface area contributed by atoms with E-state index >= 15 is 0 Å². The molecule has 3 aromatic rings. The Kier molecular flexibility index (Phi) is 8.17. The van der Waals surface area contributed by atoms with Gasteiger partial charge in [0.15, 0.2) is 12.4 Å². The van der Waals surface area contributed by atoms with E-state index in [0.717, 1.165) is 5.56 Å². The van der Waals surface area contributed by atoms with Gasteiger partial charge in [-0.15, -0.1) is 0 Å². The second-order valence-electron chi connectivity index (χ2n) is 6.26. The number of carbonyl (C=O) groups is 2. The van der Waals surface area contributed by atoms with Gasteiger partial charge in [-0.05, 0) is 45.8 Å². The van der Waals surface area contributed by atoms with Gasteiger partial charge in [-0.3, -0.25) is 20.4 Å². The summed E-state index contributed by atoms with van der Waals surface area (Å²) in [4.78, 5) is 24.6. The topological polar surface area (TPSA) is 76.7 Å². The van der Waals surface area contributed by atoms with Crippen molar-refractivity contribution in [2.24, 2.45) is 0 Å². The molecule has 9 heteroatoms. The molecule has 6 nitrogen and oxygen atoms in total. The molecule has 3 rings (SSSR count). The zero-order chi connectivity index (χ0) is 22.2. The Morgan fingerprint density at radius 2 is 1.61 bits per heavy atom. The van der Waals surface area contributed by atoms with Gasteiger partial charge in [-0.2, -0.15) is 0 Å². The Hall–Kier alpha value is -2.74. The molecule has 0 fully saturated rings. The maximum Gasteiger partial charge on any atom is 0.276 e. The monoisotopic (exact) mass is 522 g/mol. The largest absolute Gasteiger partial charge is 0.488 e. The first kappa shape index (κ1) is 22.9. The van der Waals surface area contributed by atoms with Crippen LogP contribution in [0.1, 0.15) is 15.9 Å². The van der Waals surface area contributed by atoms with Gasteiger partial charge in [-0.25, -0.2) is 0 Å². The van der Waals surface area contributed by atoms with Crippen molar-refractivity contribution in [2.75, 3.05) is 6.61 Å². The number of hydrogen-bond donors (Lipinski definition) is 2. The second-order valence-corrected chi connectivity index (χ2v) is 7.96. The van der Waals surface area contributed by atoms with Crippen LogP contribution in [0.2, 0.25) is 10.0 Å². The van der Waals surface area contributed by atoms with E-state index in [9.17, 15) is 9.59 Å². The number of hydrazine groups is 1. The normalized spacial score (nSPS) is 10.3. The predicted octanol–water partition coefficient (Wildman–Crippen LogP) is 5.17. The highest BCUT2D eigenvalue weighted by molar-refractivity contribution is 9.10. The van der Waals surface area contributed by atoms with E-state index in [0.29, 0.717) is 21.9 Å². The number of nitrogens with one attached hydrogen (secondary N) is 2. The van der Waals surface area contributed by atoms with Crippen LogP contribution >= 0.6 is 39.1 Å². The lowest BCUT2D eigenvalue weighted by Crippen LogP contribution is -2.44. The van der Waals surface area contributed by atoms with Crippen LogP contribution in [-0.2, 0) is 11.4 Å². The minimum absolute atomic E-state index is 0.251. The van der Waals surface area contributed by atoms with Crippen molar-refractivity contribution in [1.82, 2.24) is 10.9 Å². The van der Waals surface area contributed by atoms with E-state index in [1.165, 1.54) is 6.07 Å². The van der Waals surface area contributed by atoms with Crippen LogP contribution < -0.4 is 20.3 Å². The summed E-state index contributed by atoms with van der Waals surface area (Å²) in [6, 6.07) is 19.4. The van der Waals surface area contributed by atoms with E-state index < -0.39 is 11.8 Å². The van der Waals surface area contributed by atoms with Crippen LogP contribution in [0.15, 0.2) is 71.2 Å². The number of hydrogen-bond acceptors (Lipinski definition) is 4. The fourth-order valence-electron chi connectivity index (χ4n) is 2.55. The third kappa shape index (κ3) is 6.62. The third-order valence-electron chi connectivity index (χ3n) is 3.99. The molecule has 160 valence electrons. The highest BCUT2D eigenvalue weighted by atomic mass is 79.9. The molecular formula is C22H17BrCl2N2O4. The molecule has 0 aliphatic heterocycles. The van der Waals surface area contributed by atoms with Crippen molar-refractivity contribution >= 4 is 50.9 Å². The fraction of sp³-hybridized carbons (Fsp3) is 0.0909. The van der Waals surface area contributed by atoms with Crippen molar-refractivity contribution in [3.05, 3.63) is 92.4 Å². The lowest BCUT2D eigenvalue weighted by molar-refractivity contribution is -0.123.